The molecule has 5 heteroatoms. The smallest absolute Gasteiger partial charge is 0.307 e. The van der Waals surface area contributed by atoms with Gasteiger partial charge in [-0.15, -0.1) is 0 Å². The zero-order chi connectivity index (χ0) is 13.4. The first kappa shape index (κ1) is 12.8. The number of nitrogens with zero attached hydrogens (tertiary/aromatic N) is 2. The third kappa shape index (κ3) is 2.45. The first-order chi connectivity index (χ1) is 9.15. The SMILES string of the molecule is C[C@H]1CNCCN1Cc1ccc2c(c1)sc(=O)n2C. The summed E-state index contributed by atoms with van der Waals surface area (Å²) in [4.78, 5) is 14.3. The molecule has 19 heavy (non-hydrogen) atoms. The Morgan fingerprint density at radius 1 is 1.47 bits per heavy atom. The Kier molecular flexibility index (Phi) is 3.43. The fourth-order valence-corrected chi connectivity index (χ4v) is 3.57. The van der Waals surface area contributed by atoms with E-state index in [1.807, 2.05) is 7.05 Å². The maximum Gasteiger partial charge on any atom is 0.307 e. The fourth-order valence-electron chi connectivity index (χ4n) is 2.63. The average molecular weight is 277 g/mol. The van der Waals surface area contributed by atoms with Crippen LogP contribution in [0, 0.1) is 0 Å². The molecule has 1 aliphatic rings. The van der Waals surface area contributed by atoms with E-state index in [2.05, 4.69) is 35.3 Å². The van der Waals surface area contributed by atoms with Crippen LogP contribution in [0.3, 0.4) is 0 Å². The molecule has 1 aromatic heterocycles. The molecule has 0 saturated carbocycles. The second-order valence-electron chi connectivity index (χ2n) is 5.25. The van der Waals surface area contributed by atoms with Crippen molar-refractivity contribution in [1.82, 2.24) is 14.8 Å². The molecule has 1 atom stereocenters. The molecule has 0 bridgehead atoms. The first-order valence-electron chi connectivity index (χ1n) is 6.68. The van der Waals surface area contributed by atoms with Crippen LogP contribution in [-0.4, -0.2) is 35.1 Å². The molecular weight excluding hydrogens is 258 g/mol. The van der Waals surface area contributed by atoms with Gasteiger partial charge in [-0.25, -0.2) is 0 Å². The van der Waals surface area contributed by atoms with E-state index in [0.29, 0.717) is 6.04 Å². The molecule has 0 amide bonds. The van der Waals surface area contributed by atoms with E-state index in [0.717, 1.165) is 36.4 Å². The van der Waals surface area contributed by atoms with Gasteiger partial charge in [0.2, 0.25) is 0 Å². The van der Waals surface area contributed by atoms with Gasteiger partial charge in [0.15, 0.2) is 0 Å². The van der Waals surface area contributed by atoms with Crippen molar-refractivity contribution in [2.24, 2.45) is 7.05 Å². The highest BCUT2D eigenvalue weighted by Crippen LogP contribution is 2.20. The zero-order valence-corrected chi connectivity index (χ0v) is 12.2. The highest BCUT2D eigenvalue weighted by molar-refractivity contribution is 7.16. The minimum Gasteiger partial charge on any atom is -0.314 e. The van der Waals surface area contributed by atoms with Gasteiger partial charge in [0, 0.05) is 39.3 Å². The number of fused-ring (bicyclic) bond motifs is 1. The van der Waals surface area contributed by atoms with Gasteiger partial charge in [0.25, 0.3) is 0 Å². The minimum atomic E-state index is 0.114. The molecule has 2 heterocycles. The number of thiazole rings is 1. The summed E-state index contributed by atoms with van der Waals surface area (Å²) in [5, 5.41) is 3.41. The zero-order valence-electron chi connectivity index (χ0n) is 11.3. The monoisotopic (exact) mass is 277 g/mol. The normalized spacial score (nSPS) is 21.1. The van der Waals surface area contributed by atoms with Crippen LogP contribution in [0.5, 0.6) is 0 Å². The summed E-state index contributed by atoms with van der Waals surface area (Å²) in [5.74, 6) is 0. The van der Waals surface area contributed by atoms with Crippen molar-refractivity contribution in [2.75, 3.05) is 19.6 Å². The van der Waals surface area contributed by atoms with Crippen LogP contribution in [0.4, 0.5) is 0 Å². The van der Waals surface area contributed by atoms with Gasteiger partial charge < -0.3 is 9.88 Å². The molecule has 1 aliphatic heterocycles. The van der Waals surface area contributed by atoms with E-state index in [1.54, 1.807) is 4.57 Å². The number of nitrogens with one attached hydrogen (secondary N) is 1. The van der Waals surface area contributed by atoms with Crippen molar-refractivity contribution >= 4 is 21.6 Å². The van der Waals surface area contributed by atoms with E-state index in [1.165, 1.54) is 16.9 Å². The van der Waals surface area contributed by atoms with Crippen molar-refractivity contribution in [3.63, 3.8) is 0 Å². The summed E-state index contributed by atoms with van der Waals surface area (Å²) in [7, 11) is 1.83. The van der Waals surface area contributed by atoms with Crippen molar-refractivity contribution < 1.29 is 0 Å². The number of benzene rings is 1. The molecule has 0 radical (unpaired) electrons. The lowest BCUT2D eigenvalue weighted by atomic mass is 10.1. The largest absolute Gasteiger partial charge is 0.314 e. The van der Waals surface area contributed by atoms with Crippen molar-refractivity contribution in [2.45, 2.75) is 19.5 Å². The maximum absolute atomic E-state index is 11.7. The molecule has 3 rings (SSSR count). The highest BCUT2D eigenvalue weighted by atomic mass is 32.1. The summed E-state index contributed by atoms with van der Waals surface area (Å²) >= 11 is 1.33. The molecule has 1 N–H and O–H groups in total. The second kappa shape index (κ2) is 5.07. The third-order valence-electron chi connectivity index (χ3n) is 3.88. The lowest BCUT2D eigenvalue weighted by molar-refractivity contribution is 0.166. The average Bonchev–Trinajstić information content (AvgIpc) is 2.68. The minimum absolute atomic E-state index is 0.114. The van der Waals surface area contributed by atoms with Crippen LogP contribution in [0.1, 0.15) is 12.5 Å². The summed E-state index contributed by atoms with van der Waals surface area (Å²) in [6, 6.07) is 6.94. The molecule has 4 nitrogen and oxygen atoms in total. The maximum atomic E-state index is 11.7. The van der Waals surface area contributed by atoms with Gasteiger partial charge in [-0.1, -0.05) is 17.4 Å². The number of piperazine rings is 1. The topological polar surface area (TPSA) is 37.3 Å². The Balaban J connectivity index is 1.87. The highest BCUT2D eigenvalue weighted by Gasteiger charge is 2.18. The molecule has 2 aromatic rings. The van der Waals surface area contributed by atoms with Crippen molar-refractivity contribution in [3.8, 4) is 0 Å². The first-order valence-corrected chi connectivity index (χ1v) is 7.50. The van der Waals surface area contributed by atoms with E-state index in [-0.39, 0.29) is 4.87 Å². The number of hydrogen-bond acceptors (Lipinski definition) is 4. The number of aromatic nitrogens is 1. The molecule has 102 valence electrons. The molecule has 1 aromatic carbocycles. The quantitative estimate of drug-likeness (QED) is 0.901. The van der Waals surface area contributed by atoms with Gasteiger partial charge >= 0.3 is 4.87 Å². The van der Waals surface area contributed by atoms with Crippen LogP contribution >= 0.6 is 11.3 Å². The van der Waals surface area contributed by atoms with E-state index < -0.39 is 0 Å². The summed E-state index contributed by atoms with van der Waals surface area (Å²) in [6.07, 6.45) is 0. The Bertz CT molecular complexity index is 646. The summed E-state index contributed by atoms with van der Waals surface area (Å²) < 4.78 is 2.81. The predicted molar refractivity (Wildman–Crippen MR) is 79.8 cm³/mol. The Hall–Kier alpha value is -1.17. The lowest BCUT2D eigenvalue weighted by Gasteiger charge is -2.33. The molecule has 0 spiro atoms. The Labute approximate surface area is 116 Å². The van der Waals surface area contributed by atoms with E-state index >= 15 is 0 Å². The van der Waals surface area contributed by atoms with Gasteiger partial charge in [-0.2, -0.15) is 0 Å². The molecule has 0 aliphatic carbocycles. The second-order valence-corrected chi connectivity index (χ2v) is 6.25. The standard InChI is InChI=1S/C14H19N3OS/c1-10-8-15-5-6-17(10)9-11-3-4-12-13(7-11)19-14(18)16(12)2/h3-4,7,10,15H,5-6,8-9H2,1-2H3/t10-/m0/s1. The fraction of sp³-hybridized carbons (Fsp3) is 0.500. The molecule has 1 fully saturated rings. The Morgan fingerprint density at radius 2 is 2.32 bits per heavy atom. The van der Waals surface area contributed by atoms with Crippen LogP contribution in [0.25, 0.3) is 10.2 Å². The van der Waals surface area contributed by atoms with Crippen molar-refractivity contribution in [3.05, 3.63) is 33.4 Å². The van der Waals surface area contributed by atoms with Gasteiger partial charge in [-0.3, -0.25) is 9.69 Å². The van der Waals surface area contributed by atoms with Crippen LogP contribution < -0.4 is 10.2 Å². The van der Waals surface area contributed by atoms with Crippen LogP contribution in [0.2, 0.25) is 0 Å². The van der Waals surface area contributed by atoms with Gasteiger partial charge in [-0.05, 0) is 24.6 Å². The van der Waals surface area contributed by atoms with Gasteiger partial charge in [0.05, 0.1) is 10.2 Å². The Morgan fingerprint density at radius 3 is 3.11 bits per heavy atom. The number of aryl methyl sites for hydroxylation is 1. The van der Waals surface area contributed by atoms with Crippen LogP contribution in [-0.2, 0) is 13.6 Å². The van der Waals surface area contributed by atoms with Crippen molar-refractivity contribution in [1.29, 1.82) is 0 Å². The van der Waals surface area contributed by atoms with E-state index in [4.69, 9.17) is 0 Å². The number of rotatable bonds is 2. The number of hydrogen-bond donors (Lipinski definition) is 1. The summed E-state index contributed by atoms with van der Waals surface area (Å²) in [5.41, 5.74) is 2.33. The van der Waals surface area contributed by atoms with Gasteiger partial charge in [0.1, 0.15) is 0 Å². The van der Waals surface area contributed by atoms with E-state index in [9.17, 15) is 4.79 Å². The predicted octanol–water partition coefficient (Wildman–Crippen LogP) is 1.39. The summed E-state index contributed by atoms with van der Waals surface area (Å²) in [6.45, 7) is 6.43. The molecule has 0 unspecified atom stereocenters. The third-order valence-corrected chi connectivity index (χ3v) is 4.88. The van der Waals surface area contributed by atoms with Crippen LogP contribution in [0.15, 0.2) is 23.0 Å². The molecular formula is C14H19N3OS. The lowest BCUT2D eigenvalue weighted by Crippen LogP contribution is -2.49. The molecule has 1 saturated heterocycles.